The van der Waals surface area contributed by atoms with Gasteiger partial charge in [0, 0.05) is 25.7 Å². The molecule has 0 aliphatic rings. The first kappa shape index (κ1) is 19.4. The van der Waals surface area contributed by atoms with Gasteiger partial charge in [-0.15, -0.1) is 0 Å². The smallest absolute Gasteiger partial charge is 0.410 e. The lowest BCUT2D eigenvalue weighted by atomic mass is 10.1. The molecule has 1 atom stereocenters. The van der Waals surface area contributed by atoms with Crippen LogP contribution in [-0.4, -0.2) is 36.2 Å². The van der Waals surface area contributed by atoms with Gasteiger partial charge in [-0.25, -0.2) is 13.6 Å². The summed E-state index contributed by atoms with van der Waals surface area (Å²) in [6.45, 7) is 10.7. The number of ether oxygens (including phenoxy) is 1. The molecular formula is C17H26F2N2O2. The normalized spacial score (nSPS) is 12.8. The van der Waals surface area contributed by atoms with Crippen molar-refractivity contribution >= 4 is 6.09 Å². The van der Waals surface area contributed by atoms with Gasteiger partial charge in [0.05, 0.1) is 0 Å². The summed E-state index contributed by atoms with van der Waals surface area (Å²) in [7, 11) is 0. The van der Waals surface area contributed by atoms with E-state index in [-0.39, 0.29) is 12.1 Å². The van der Waals surface area contributed by atoms with Crippen molar-refractivity contribution in [3.8, 4) is 0 Å². The molecular weight excluding hydrogens is 302 g/mol. The van der Waals surface area contributed by atoms with Crippen molar-refractivity contribution < 1.29 is 18.3 Å². The Balaban J connectivity index is 2.50. The largest absolute Gasteiger partial charge is 0.444 e. The lowest BCUT2D eigenvalue weighted by Crippen LogP contribution is -2.40. The lowest BCUT2D eigenvalue weighted by Gasteiger charge is -2.27. The second-order valence-electron chi connectivity index (χ2n) is 6.41. The van der Waals surface area contributed by atoms with E-state index in [9.17, 15) is 13.6 Å². The first-order chi connectivity index (χ1) is 10.6. The number of carbonyl (C=O) groups excluding carboxylic acids is 1. The summed E-state index contributed by atoms with van der Waals surface area (Å²) in [5.41, 5.74) is 0.126. The monoisotopic (exact) mass is 328 g/mol. The number of hydrogen-bond donors (Lipinski definition) is 1. The van der Waals surface area contributed by atoms with Crippen LogP contribution in [0.25, 0.3) is 0 Å². The molecule has 0 saturated carbocycles. The number of nitrogens with one attached hydrogen (secondary N) is 1. The average Bonchev–Trinajstić information content (AvgIpc) is 2.44. The summed E-state index contributed by atoms with van der Waals surface area (Å²) < 4.78 is 31.5. The van der Waals surface area contributed by atoms with Crippen LogP contribution in [0, 0.1) is 11.6 Å². The third kappa shape index (κ3) is 6.52. The summed E-state index contributed by atoms with van der Waals surface area (Å²) in [4.78, 5) is 13.6. The van der Waals surface area contributed by atoms with Crippen LogP contribution in [0.1, 0.15) is 46.2 Å². The van der Waals surface area contributed by atoms with E-state index in [1.165, 1.54) is 6.07 Å². The maximum absolute atomic E-state index is 13.2. The molecule has 0 spiro atoms. The van der Waals surface area contributed by atoms with Crippen molar-refractivity contribution in [2.75, 3.05) is 19.6 Å². The van der Waals surface area contributed by atoms with Crippen LogP contribution in [0.3, 0.4) is 0 Å². The molecule has 1 N–H and O–H groups in total. The van der Waals surface area contributed by atoms with E-state index in [2.05, 4.69) is 5.32 Å². The standard InChI is InChI=1S/C17H26F2N2O2/c1-6-21(16(22)23-17(3,4)5)10-9-20-12(2)13-7-8-14(18)15(19)11-13/h7-8,11-12,20H,6,9-10H2,1-5H3. The van der Waals surface area contributed by atoms with Gasteiger partial charge in [0.2, 0.25) is 0 Å². The summed E-state index contributed by atoms with van der Waals surface area (Å²) in [6.07, 6.45) is -0.359. The molecule has 0 aliphatic carbocycles. The van der Waals surface area contributed by atoms with Crippen molar-refractivity contribution in [1.29, 1.82) is 0 Å². The Morgan fingerprint density at radius 1 is 1.30 bits per heavy atom. The first-order valence-electron chi connectivity index (χ1n) is 7.80. The number of hydrogen-bond acceptors (Lipinski definition) is 3. The fourth-order valence-electron chi connectivity index (χ4n) is 2.02. The van der Waals surface area contributed by atoms with Crippen LogP contribution < -0.4 is 5.32 Å². The Labute approximate surface area is 136 Å². The predicted octanol–water partition coefficient (Wildman–Crippen LogP) is 3.87. The molecule has 0 fully saturated rings. The Bertz CT molecular complexity index is 530. The van der Waals surface area contributed by atoms with E-state index in [0.29, 0.717) is 25.2 Å². The molecule has 1 unspecified atom stereocenters. The van der Waals surface area contributed by atoms with Gasteiger partial charge in [0.25, 0.3) is 0 Å². The van der Waals surface area contributed by atoms with Gasteiger partial charge in [0.1, 0.15) is 5.60 Å². The highest BCUT2D eigenvalue weighted by atomic mass is 19.2. The van der Waals surface area contributed by atoms with Crippen LogP contribution in [0.2, 0.25) is 0 Å². The van der Waals surface area contributed by atoms with Crippen LogP contribution in [0.4, 0.5) is 13.6 Å². The molecule has 6 heteroatoms. The number of benzene rings is 1. The zero-order chi connectivity index (χ0) is 17.6. The Morgan fingerprint density at radius 3 is 2.48 bits per heavy atom. The second kappa shape index (κ2) is 8.24. The molecule has 0 radical (unpaired) electrons. The van der Waals surface area contributed by atoms with E-state index in [1.807, 2.05) is 34.6 Å². The van der Waals surface area contributed by atoms with Gasteiger partial charge in [-0.05, 0) is 52.3 Å². The number of carbonyl (C=O) groups is 1. The van der Waals surface area contributed by atoms with Gasteiger partial charge >= 0.3 is 6.09 Å². The third-order valence-corrected chi connectivity index (χ3v) is 3.31. The molecule has 1 aromatic rings. The number of likely N-dealkylation sites (N-methyl/N-ethyl adjacent to an activating group) is 1. The molecule has 1 rings (SSSR count). The van der Waals surface area contributed by atoms with E-state index in [0.717, 1.165) is 6.07 Å². The van der Waals surface area contributed by atoms with E-state index in [1.54, 1.807) is 11.0 Å². The van der Waals surface area contributed by atoms with Crippen molar-refractivity contribution in [2.24, 2.45) is 0 Å². The van der Waals surface area contributed by atoms with E-state index < -0.39 is 17.2 Å². The van der Waals surface area contributed by atoms with Crippen molar-refractivity contribution in [3.63, 3.8) is 0 Å². The number of halogens is 2. The Hall–Kier alpha value is -1.69. The van der Waals surface area contributed by atoms with Crippen LogP contribution in [0.5, 0.6) is 0 Å². The minimum absolute atomic E-state index is 0.151. The summed E-state index contributed by atoms with van der Waals surface area (Å²) in [6, 6.07) is 3.68. The highest BCUT2D eigenvalue weighted by Crippen LogP contribution is 2.16. The van der Waals surface area contributed by atoms with Gasteiger partial charge in [-0.3, -0.25) is 0 Å². The van der Waals surface area contributed by atoms with Gasteiger partial charge in [-0.2, -0.15) is 0 Å². The molecule has 4 nitrogen and oxygen atoms in total. The molecule has 0 aliphatic heterocycles. The molecule has 0 heterocycles. The molecule has 1 aromatic carbocycles. The van der Waals surface area contributed by atoms with E-state index >= 15 is 0 Å². The molecule has 1 amide bonds. The molecule has 0 aromatic heterocycles. The van der Waals surface area contributed by atoms with Gasteiger partial charge in [0.15, 0.2) is 11.6 Å². The van der Waals surface area contributed by atoms with Gasteiger partial charge in [-0.1, -0.05) is 6.07 Å². The van der Waals surface area contributed by atoms with Crippen LogP contribution in [-0.2, 0) is 4.74 Å². The van der Waals surface area contributed by atoms with Crippen molar-refractivity contribution in [2.45, 2.75) is 46.3 Å². The second-order valence-corrected chi connectivity index (χ2v) is 6.41. The zero-order valence-electron chi connectivity index (χ0n) is 14.5. The summed E-state index contributed by atoms with van der Waals surface area (Å²) in [5, 5.41) is 3.19. The highest BCUT2D eigenvalue weighted by Gasteiger charge is 2.20. The lowest BCUT2D eigenvalue weighted by molar-refractivity contribution is 0.0261. The predicted molar refractivity (Wildman–Crippen MR) is 86.3 cm³/mol. The van der Waals surface area contributed by atoms with E-state index in [4.69, 9.17) is 4.74 Å². The van der Waals surface area contributed by atoms with Gasteiger partial charge < -0.3 is 15.0 Å². The molecule has 0 saturated heterocycles. The van der Waals surface area contributed by atoms with Crippen LogP contribution >= 0.6 is 0 Å². The SMILES string of the molecule is CCN(CCNC(C)c1ccc(F)c(F)c1)C(=O)OC(C)(C)C. The average molecular weight is 328 g/mol. The van der Waals surface area contributed by atoms with Crippen molar-refractivity contribution in [3.05, 3.63) is 35.4 Å². The zero-order valence-corrected chi connectivity index (χ0v) is 14.5. The quantitative estimate of drug-likeness (QED) is 0.862. The Morgan fingerprint density at radius 2 is 1.96 bits per heavy atom. The fraction of sp³-hybridized carbons (Fsp3) is 0.588. The highest BCUT2D eigenvalue weighted by molar-refractivity contribution is 5.68. The molecule has 23 heavy (non-hydrogen) atoms. The Kier molecular flexibility index (Phi) is 6.94. The number of amides is 1. The summed E-state index contributed by atoms with van der Waals surface area (Å²) in [5.74, 6) is -1.72. The van der Waals surface area contributed by atoms with Crippen molar-refractivity contribution in [1.82, 2.24) is 10.2 Å². The molecule has 130 valence electrons. The number of nitrogens with zero attached hydrogens (tertiary/aromatic N) is 1. The maximum Gasteiger partial charge on any atom is 0.410 e. The van der Waals surface area contributed by atoms with Crippen LogP contribution in [0.15, 0.2) is 18.2 Å². The third-order valence-electron chi connectivity index (χ3n) is 3.31. The fourth-order valence-corrected chi connectivity index (χ4v) is 2.02. The first-order valence-corrected chi connectivity index (χ1v) is 7.80. The maximum atomic E-state index is 13.2. The number of rotatable bonds is 6. The minimum Gasteiger partial charge on any atom is -0.444 e. The minimum atomic E-state index is -0.861. The summed E-state index contributed by atoms with van der Waals surface area (Å²) >= 11 is 0. The topological polar surface area (TPSA) is 41.6 Å². The molecule has 0 bridgehead atoms.